The zero-order valence-corrected chi connectivity index (χ0v) is 15.6. The number of nitro benzene ring substituents is 1. The average molecular weight is 389 g/mol. The second-order valence-corrected chi connectivity index (χ2v) is 7.49. The summed E-state index contributed by atoms with van der Waals surface area (Å²) >= 11 is 0. The van der Waals surface area contributed by atoms with Gasteiger partial charge >= 0.3 is 0 Å². The number of rotatable bonds is 6. The predicted octanol–water partition coefficient (Wildman–Crippen LogP) is 2.48. The number of benzene rings is 2. The van der Waals surface area contributed by atoms with Crippen molar-refractivity contribution in [1.29, 1.82) is 0 Å². The maximum atomic E-state index is 12.4. The van der Waals surface area contributed by atoms with Crippen LogP contribution in [-0.2, 0) is 14.8 Å². The highest BCUT2D eigenvalue weighted by Gasteiger charge is 2.16. The number of sulfonamides is 1. The number of carbonyl (C=O) groups is 1. The van der Waals surface area contributed by atoms with Crippen LogP contribution in [0.2, 0.25) is 0 Å². The first-order chi connectivity index (χ1) is 12.6. The van der Waals surface area contributed by atoms with E-state index < -0.39 is 14.9 Å². The molecule has 0 aliphatic rings. The van der Waals surface area contributed by atoms with Gasteiger partial charge in [-0.2, -0.15) is 0 Å². The third kappa shape index (κ3) is 5.22. The van der Waals surface area contributed by atoms with E-state index >= 15 is 0 Å². The average Bonchev–Trinajstić information content (AvgIpc) is 2.64. The maximum absolute atomic E-state index is 12.4. The number of nitrogens with zero attached hydrogens (tertiary/aromatic N) is 2. The highest BCUT2D eigenvalue weighted by atomic mass is 32.2. The molecule has 2 aromatic rings. The second-order valence-electron chi connectivity index (χ2n) is 5.92. The zero-order valence-electron chi connectivity index (χ0n) is 14.8. The lowest BCUT2D eigenvalue weighted by molar-refractivity contribution is -0.384. The molecule has 1 unspecified atom stereocenters. The van der Waals surface area contributed by atoms with Crippen molar-refractivity contribution in [3.05, 3.63) is 75.8 Å². The van der Waals surface area contributed by atoms with Crippen LogP contribution in [0.3, 0.4) is 0 Å². The molecule has 2 rings (SSSR count). The van der Waals surface area contributed by atoms with E-state index in [4.69, 9.17) is 5.14 Å². The van der Waals surface area contributed by atoms with Gasteiger partial charge in [0.05, 0.1) is 15.9 Å². The molecule has 0 heterocycles. The fourth-order valence-corrected chi connectivity index (χ4v) is 2.89. The molecule has 27 heavy (non-hydrogen) atoms. The molecule has 8 nitrogen and oxygen atoms in total. The first kappa shape index (κ1) is 20.3. The number of non-ortho nitro benzene ring substituents is 1. The van der Waals surface area contributed by atoms with Crippen LogP contribution >= 0.6 is 0 Å². The van der Waals surface area contributed by atoms with E-state index in [-0.39, 0.29) is 22.5 Å². The van der Waals surface area contributed by atoms with Gasteiger partial charge in [-0.1, -0.05) is 24.3 Å². The standard InChI is InChI=1S/C18H19N3O5S/c1-13(15-7-9-17(10-8-15)27(19,25)26)20(2)18(22)11-6-14-4-3-5-16(12-14)21(23)24/h3-13H,1-2H3,(H2,19,25,26)/b11-6+. The normalized spacial score (nSPS) is 12.7. The number of primary sulfonamides is 1. The Bertz CT molecular complexity index is 984. The van der Waals surface area contributed by atoms with Gasteiger partial charge in [-0.15, -0.1) is 0 Å². The first-order valence-corrected chi connectivity index (χ1v) is 9.46. The van der Waals surface area contributed by atoms with E-state index in [2.05, 4.69) is 0 Å². The van der Waals surface area contributed by atoms with Gasteiger partial charge in [0.2, 0.25) is 15.9 Å². The van der Waals surface area contributed by atoms with E-state index in [0.29, 0.717) is 5.56 Å². The molecule has 1 atom stereocenters. The van der Waals surface area contributed by atoms with Gasteiger partial charge in [-0.25, -0.2) is 13.6 Å². The summed E-state index contributed by atoms with van der Waals surface area (Å²) in [6.45, 7) is 1.80. The summed E-state index contributed by atoms with van der Waals surface area (Å²) in [5.74, 6) is -0.301. The Kier molecular flexibility index (Phi) is 6.09. The van der Waals surface area contributed by atoms with Crippen molar-refractivity contribution in [2.75, 3.05) is 7.05 Å². The third-order valence-corrected chi connectivity index (χ3v) is 5.05. The van der Waals surface area contributed by atoms with Gasteiger partial charge < -0.3 is 4.90 Å². The minimum absolute atomic E-state index is 0.00185. The summed E-state index contributed by atoms with van der Waals surface area (Å²) in [5.41, 5.74) is 1.22. The van der Waals surface area contributed by atoms with Crippen LogP contribution in [0.4, 0.5) is 5.69 Å². The molecule has 0 saturated carbocycles. The second kappa shape index (κ2) is 8.11. The van der Waals surface area contributed by atoms with Crippen LogP contribution < -0.4 is 5.14 Å². The summed E-state index contributed by atoms with van der Waals surface area (Å²) in [6.07, 6.45) is 2.83. The van der Waals surface area contributed by atoms with Crippen molar-refractivity contribution >= 4 is 27.7 Å². The Morgan fingerprint density at radius 3 is 2.41 bits per heavy atom. The molecule has 0 radical (unpaired) electrons. The highest BCUT2D eigenvalue weighted by Crippen LogP contribution is 2.21. The van der Waals surface area contributed by atoms with Gasteiger partial charge in [0.25, 0.3) is 5.69 Å². The lowest BCUT2D eigenvalue weighted by Crippen LogP contribution is -2.28. The Morgan fingerprint density at radius 1 is 1.22 bits per heavy atom. The van der Waals surface area contributed by atoms with Crippen molar-refractivity contribution in [1.82, 2.24) is 4.90 Å². The number of hydrogen-bond donors (Lipinski definition) is 1. The number of likely N-dealkylation sites (N-methyl/N-ethyl adjacent to an activating group) is 1. The molecule has 0 fully saturated rings. The van der Waals surface area contributed by atoms with Crippen LogP contribution in [0.25, 0.3) is 6.08 Å². The molecular formula is C18H19N3O5S. The zero-order chi connectivity index (χ0) is 20.2. The highest BCUT2D eigenvalue weighted by molar-refractivity contribution is 7.89. The predicted molar refractivity (Wildman–Crippen MR) is 101 cm³/mol. The number of amides is 1. The first-order valence-electron chi connectivity index (χ1n) is 7.91. The Balaban J connectivity index is 2.12. The van der Waals surface area contributed by atoms with Crippen molar-refractivity contribution in [3.8, 4) is 0 Å². The summed E-state index contributed by atoms with van der Waals surface area (Å²) < 4.78 is 22.6. The number of nitro groups is 1. The number of nitrogens with two attached hydrogens (primary N) is 1. The van der Waals surface area contributed by atoms with Crippen LogP contribution in [0.15, 0.2) is 59.5 Å². The topological polar surface area (TPSA) is 124 Å². The van der Waals surface area contributed by atoms with Gasteiger partial charge in [0.15, 0.2) is 0 Å². The van der Waals surface area contributed by atoms with E-state index in [9.17, 15) is 23.3 Å². The minimum Gasteiger partial charge on any atom is -0.335 e. The van der Waals surface area contributed by atoms with Crippen molar-refractivity contribution < 1.29 is 18.1 Å². The molecular weight excluding hydrogens is 370 g/mol. The monoisotopic (exact) mass is 389 g/mol. The Hall–Kier alpha value is -3.04. The van der Waals surface area contributed by atoms with E-state index in [1.807, 2.05) is 0 Å². The van der Waals surface area contributed by atoms with Gasteiger partial charge in [-0.3, -0.25) is 14.9 Å². The fourth-order valence-electron chi connectivity index (χ4n) is 2.38. The molecule has 9 heteroatoms. The van der Waals surface area contributed by atoms with Crippen molar-refractivity contribution in [2.45, 2.75) is 17.9 Å². The summed E-state index contributed by atoms with van der Waals surface area (Å²) in [4.78, 5) is 24.1. The molecule has 0 bridgehead atoms. The lowest BCUT2D eigenvalue weighted by Gasteiger charge is -2.24. The third-order valence-electron chi connectivity index (χ3n) is 4.12. The van der Waals surface area contributed by atoms with Gasteiger partial charge in [0, 0.05) is 25.3 Å². The Labute approximate surface area is 157 Å². The summed E-state index contributed by atoms with van der Waals surface area (Å²) in [7, 11) is -2.16. The van der Waals surface area contributed by atoms with Crippen LogP contribution in [0, 0.1) is 10.1 Å². The smallest absolute Gasteiger partial charge is 0.270 e. The molecule has 0 aliphatic heterocycles. The fraction of sp³-hybridized carbons (Fsp3) is 0.167. The summed E-state index contributed by atoms with van der Waals surface area (Å²) in [6, 6.07) is 11.6. The molecule has 0 aliphatic carbocycles. The molecule has 2 N–H and O–H groups in total. The van der Waals surface area contributed by atoms with E-state index in [0.717, 1.165) is 5.56 Å². The van der Waals surface area contributed by atoms with Crippen LogP contribution in [-0.4, -0.2) is 31.2 Å². The van der Waals surface area contributed by atoms with Crippen molar-refractivity contribution in [2.24, 2.45) is 5.14 Å². The molecule has 0 aromatic heterocycles. The van der Waals surface area contributed by atoms with E-state index in [1.165, 1.54) is 41.3 Å². The van der Waals surface area contributed by atoms with Gasteiger partial charge in [-0.05, 0) is 36.3 Å². The number of carbonyl (C=O) groups excluding carboxylic acids is 1. The lowest BCUT2D eigenvalue weighted by atomic mass is 10.1. The number of hydrogen-bond acceptors (Lipinski definition) is 5. The molecule has 1 amide bonds. The maximum Gasteiger partial charge on any atom is 0.270 e. The summed E-state index contributed by atoms with van der Waals surface area (Å²) in [5, 5.41) is 15.9. The van der Waals surface area contributed by atoms with Gasteiger partial charge in [0.1, 0.15) is 0 Å². The SMILES string of the molecule is CC(c1ccc(S(N)(=O)=O)cc1)N(C)C(=O)/C=C/c1cccc([N+](=O)[O-])c1. The Morgan fingerprint density at radius 2 is 1.85 bits per heavy atom. The van der Waals surface area contributed by atoms with E-state index in [1.54, 1.807) is 38.2 Å². The van der Waals surface area contributed by atoms with Crippen LogP contribution in [0.1, 0.15) is 24.1 Å². The molecule has 0 spiro atoms. The minimum atomic E-state index is -3.77. The van der Waals surface area contributed by atoms with Crippen molar-refractivity contribution in [3.63, 3.8) is 0 Å². The van der Waals surface area contributed by atoms with Crippen LogP contribution in [0.5, 0.6) is 0 Å². The largest absolute Gasteiger partial charge is 0.335 e. The quantitative estimate of drug-likeness (QED) is 0.462. The molecule has 0 saturated heterocycles. The molecule has 2 aromatic carbocycles. The molecule has 142 valence electrons.